The summed E-state index contributed by atoms with van der Waals surface area (Å²) in [6.45, 7) is 5.07. The first-order valence-corrected chi connectivity index (χ1v) is 10.6. The Morgan fingerprint density at radius 3 is 2.39 bits per heavy atom. The van der Waals surface area contributed by atoms with Gasteiger partial charge in [-0.25, -0.2) is 18.6 Å². The summed E-state index contributed by atoms with van der Waals surface area (Å²) in [6, 6.07) is 2.03. The highest BCUT2D eigenvalue weighted by Crippen LogP contribution is 2.38. The molecule has 0 radical (unpaired) electrons. The van der Waals surface area contributed by atoms with Gasteiger partial charge in [0, 0.05) is 30.5 Å². The van der Waals surface area contributed by atoms with Crippen LogP contribution in [0.1, 0.15) is 69.7 Å². The fourth-order valence-electron chi connectivity index (χ4n) is 3.67. The van der Waals surface area contributed by atoms with Crippen molar-refractivity contribution in [3.63, 3.8) is 0 Å². The van der Waals surface area contributed by atoms with Crippen LogP contribution < -0.4 is 10.6 Å². The second-order valence-electron chi connectivity index (χ2n) is 9.37. The summed E-state index contributed by atoms with van der Waals surface area (Å²) in [6.07, 6.45) is 1.85. The summed E-state index contributed by atoms with van der Waals surface area (Å²) in [5.74, 6) is -3.60. The number of alkyl carbamates (subject to hydrolysis) is 1. The van der Waals surface area contributed by atoms with Crippen LogP contribution in [0.25, 0.3) is 0 Å². The highest BCUT2D eigenvalue weighted by molar-refractivity contribution is 6.01. The minimum atomic E-state index is -2.76. The molecule has 2 N–H and O–H groups in total. The third kappa shape index (κ3) is 6.70. The molecule has 2 aliphatic carbocycles. The number of carbonyl (C=O) groups excluding carboxylic acids is 3. The molecular formula is C22H29F2N3O4. The molecule has 2 fully saturated rings. The van der Waals surface area contributed by atoms with E-state index in [1.807, 2.05) is 0 Å². The number of halogens is 2. The number of ketones is 1. The molecule has 1 heterocycles. The fraction of sp³-hybridized carbons (Fsp3) is 0.636. The lowest BCUT2D eigenvalue weighted by Gasteiger charge is -2.33. The van der Waals surface area contributed by atoms with Gasteiger partial charge in [0.2, 0.25) is 11.8 Å². The van der Waals surface area contributed by atoms with Crippen LogP contribution >= 0.6 is 0 Å². The van der Waals surface area contributed by atoms with E-state index < -0.39 is 35.5 Å². The van der Waals surface area contributed by atoms with E-state index in [9.17, 15) is 23.2 Å². The number of nitrogens with one attached hydrogen (secondary N) is 2. The molecule has 2 saturated carbocycles. The summed E-state index contributed by atoms with van der Waals surface area (Å²) in [5, 5.41) is 5.17. The molecule has 31 heavy (non-hydrogen) atoms. The minimum Gasteiger partial charge on any atom is -0.444 e. The average Bonchev–Trinajstić information content (AvgIpc) is 3.50. The number of Topliss-reactive ketones (excluding diaryl/α,β-unsaturated/α-hetero) is 1. The van der Waals surface area contributed by atoms with E-state index >= 15 is 0 Å². The van der Waals surface area contributed by atoms with E-state index in [2.05, 4.69) is 15.6 Å². The molecule has 1 aromatic heterocycles. The number of alkyl halides is 2. The maximum Gasteiger partial charge on any atom is 0.408 e. The Balaban J connectivity index is 1.73. The van der Waals surface area contributed by atoms with E-state index in [4.69, 9.17) is 4.74 Å². The van der Waals surface area contributed by atoms with E-state index in [0.29, 0.717) is 5.56 Å². The largest absolute Gasteiger partial charge is 0.444 e. The van der Waals surface area contributed by atoms with E-state index in [-0.39, 0.29) is 43.2 Å². The molecule has 9 heteroatoms. The molecule has 1 aromatic rings. The van der Waals surface area contributed by atoms with Gasteiger partial charge in [-0.05, 0) is 64.5 Å². The number of hydrogen-bond donors (Lipinski definition) is 2. The molecule has 0 bridgehead atoms. The quantitative estimate of drug-likeness (QED) is 0.646. The number of carbonyl (C=O) groups is 3. The fourth-order valence-corrected chi connectivity index (χ4v) is 3.67. The molecule has 170 valence electrons. The Bertz CT molecular complexity index is 839. The van der Waals surface area contributed by atoms with Crippen molar-refractivity contribution >= 4 is 23.6 Å². The van der Waals surface area contributed by atoms with Crippen molar-refractivity contribution < 1.29 is 27.9 Å². The molecule has 7 nitrogen and oxygen atoms in total. The van der Waals surface area contributed by atoms with Crippen molar-refractivity contribution in [3.05, 3.63) is 23.9 Å². The number of ether oxygens (including phenoxy) is 1. The monoisotopic (exact) mass is 437 g/mol. The number of anilines is 1. The Labute approximate surface area is 180 Å². The lowest BCUT2D eigenvalue weighted by Crippen LogP contribution is -2.51. The Morgan fingerprint density at radius 2 is 1.81 bits per heavy atom. The second-order valence-corrected chi connectivity index (χ2v) is 9.37. The van der Waals surface area contributed by atoms with Gasteiger partial charge in [0.05, 0.1) is 0 Å². The molecular weight excluding hydrogens is 408 g/mol. The predicted octanol–water partition coefficient (Wildman–Crippen LogP) is 4.33. The first-order valence-electron chi connectivity index (χ1n) is 10.6. The molecule has 3 rings (SSSR count). The zero-order valence-electron chi connectivity index (χ0n) is 18.0. The number of hydrogen-bond acceptors (Lipinski definition) is 5. The number of nitrogens with zero attached hydrogens (tertiary/aromatic N) is 1. The Kier molecular flexibility index (Phi) is 6.62. The highest BCUT2D eigenvalue weighted by atomic mass is 19.3. The van der Waals surface area contributed by atoms with Gasteiger partial charge in [-0.3, -0.25) is 9.59 Å². The van der Waals surface area contributed by atoms with E-state index in [1.54, 1.807) is 26.8 Å². The SMILES string of the molecule is CC(C)(C)OC(=O)N[C@H](C(=O)Nc1cc(C(=O)C2CC2)ccn1)C1CCC(F)(F)CC1. The molecule has 2 amide bonds. The minimum absolute atomic E-state index is 0.0100. The summed E-state index contributed by atoms with van der Waals surface area (Å²) in [5.41, 5.74) is -0.314. The van der Waals surface area contributed by atoms with Crippen LogP contribution in [0.5, 0.6) is 0 Å². The normalized spacial score (nSPS) is 19.9. The van der Waals surface area contributed by atoms with Crippen molar-refractivity contribution in [1.82, 2.24) is 10.3 Å². The van der Waals surface area contributed by atoms with Crippen molar-refractivity contribution in [1.29, 1.82) is 0 Å². The lowest BCUT2D eigenvalue weighted by molar-refractivity contribution is -0.121. The van der Waals surface area contributed by atoms with Crippen LogP contribution in [0, 0.1) is 11.8 Å². The zero-order valence-corrected chi connectivity index (χ0v) is 18.0. The average molecular weight is 437 g/mol. The highest BCUT2D eigenvalue weighted by Gasteiger charge is 2.41. The molecule has 0 aromatic carbocycles. The topological polar surface area (TPSA) is 97.4 Å². The van der Waals surface area contributed by atoms with Gasteiger partial charge in [0.25, 0.3) is 0 Å². The summed E-state index contributed by atoms with van der Waals surface area (Å²) in [4.78, 5) is 41.7. The summed E-state index contributed by atoms with van der Waals surface area (Å²) >= 11 is 0. The van der Waals surface area contributed by atoms with Gasteiger partial charge in [0.15, 0.2) is 5.78 Å². The summed E-state index contributed by atoms with van der Waals surface area (Å²) in [7, 11) is 0. The maximum absolute atomic E-state index is 13.6. The van der Waals surface area contributed by atoms with Crippen LogP contribution in [-0.4, -0.2) is 40.3 Å². The third-order valence-electron chi connectivity index (χ3n) is 5.43. The van der Waals surface area contributed by atoms with Crippen LogP contribution in [0.15, 0.2) is 18.3 Å². The van der Waals surface area contributed by atoms with Crippen molar-refractivity contribution in [2.24, 2.45) is 11.8 Å². The van der Waals surface area contributed by atoms with Gasteiger partial charge < -0.3 is 15.4 Å². The Morgan fingerprint density at radius 1 is 1.16 bits per heavy atom. The first-order chi connectivity index (χ1) is 14.4. The zero-order chi connectivity index (χ0) is 22.8. The van der Waals surface area contributed by atoms with Crippen LogP contribution in [-0.2, 0) is 9.53 Å². The first kappa shape index (κ1) is 23.1. The van der Waals surface area contributed by atoms with Gasteiger partial charge in [-0.1, -0.05) is 0 Å². The smallest absolute Gasteiger partial charge is 0.408 e. The predicted molar refractivity (Wildman–Crippen MR) is 110 cm³/mol. The van der Waals surface area contributed by atoms with Gasteiger partial charge in [0.1, 0.15) is 17.5 Å². The van der Waals surface area contributed by atoms with E-state index in [1.165, 1.54) is 12.3 Å². The number of rotatable bonds is 6. The van der Waals surface area contributed by atoms with Crippen molar-refractivity contribution in [3.8, 4) is 0 Å². The van der Waals surface area contributed by atoms with Crippen LogP contribution in [0.3, 0.4) is 0 Å². The maximum atomic E-state index is 13.6. The van der Waals surface area contributed by atoms with E-state index in [0.717, 1.165) is 12.8 Å². The standard InChI is InChI=1S/C22H29F2N3O4/c1-21(2,3)31-20(30)27-17(13-6-9-22(23,24)10-7-13)19(29)26-16-12-15(8-11-25-16)18(28)14-4-5-14/h8,11-14,17H,4-7,9-10H2,1-3H3,(H,27,30)(H,25,26,29)/t17-/m0/s1. The van der Waals surface area contributed by atoms with Crippen molar-refractivity contribution in [2.45, 2.75) is 76.9 Å². The summed E-state index contributed by atoms with van der Waals surface area (Å²) < 4.78 is 32.5. The second kappa shape index (κ2) is 8.88. The van der Waals surface area contributed by atoms with Crippen molar-refractivity contribution in [2.75, 3.05) is 5.32 Å². The lowest BCUT2D eigenvalue weighted by atomic mass is 9.81. The van der Waals surface area contributed by atoms with Crippen LogP contribution in [0.2, 0.25) is 0 Å². The molecule has 0 spiro atoms. The van der Waals surface area contributed by atoms with Crippen LogP contribution in [0.4, 0.5) is 19.4 Å². The number of pyridine rings is 1. The number of aromatic nitrogens is 1. The molecule has 0 unspecified atom stereocenters. The molecule has 2 aliphatic rings. The molecule has 1 atom stereocenters. The molecule has 0 saturated heterocycles. The van der Waals surface area contributed by atoms with Gasteiger partial charge in [-0.15, -0.1) is 0 Å². The molecule has 0 aliphatic heterocycles. The Hall–Kier alpha value is -2.58. The number of amides is 2. The third-order valence-corrected chi connectivity index (χ3v) is 5.43. The van der Waals surface area contributed by atoms with Gasteiger partial charge in [-0.2, -0.15) is 0 Å². The van der Waals surface area contributed by atoms with Gasteiger partial charge >= 0.3 is 6.09 Å².